The van der Waals surface area contributed by atoms with Crippen LogP contribution >= 0.6 is 0 Å². The number of carbonyl (C=O) groups is 1. The van der Waals surface area contributed by atoms with Gasteiger partial charge in [-0.05, 0) is 18.9 Å². The molecule has 0 aromatic carbocycles. The quantitative estimate of drug-likeness (QED) is 0.558. The van der Waals surface area contributed by atoms with Gasteiger partial charge in [-0.25, -0.2) is 4.79 Å². The second-order valence-corrected chi connectivity index (χ2v) is 3.48. The topological polar surface area (TPSA) is 41.6 Å². The molecule has 2 saturated heterocycles. The first-order valence-electron chi connectivity index (χ1n) is 4.37. The predicted octanol–water partition coefficient (Wildman–Crippen LogP) is 0.0465. The van der Waals surface area contributed by atoms with Crippen molar-refractivity contribution in [2.75, 3.05) is 26.7 Å². The Kier molecular flexibility index (Phi) is 1.92. The van der Waals surface area contributed by atoms with E-state index in [1.807, 2.05) is 0 Å². The number of hydrogen-bond donors (Lipinski definition) is 1. The van der Waals surface area contributed by atoms with Crippen LogP contribution in [-0.4, -0.2) is 43.8 Å². The minimum Gasteiger partial charge on any atom is -0.453 e. The van der Waals surface area contributed by atoms with E-state index in [1.165, 1.54) is 13.5 Å². The highest BCUT2D eigenvalue weighted by atomic mass is 16.5. The van der Waals surface area contributed by atoms with Gasteiger partial charge in [0, 0.05) is 19.1 Å². The van der Waals surface area contributed by atoms with E-state index in [9.17, 15) is 4.79 Å². The average molecular weight is 170 g/mol. The molecule has 2 aliphatic heterocycles. The molecule has 0 aromatic heterocycles. The summed E-state index contributed by atoms with van der Waals surface area (Å²) in [6.07, 6.45) is 1.00. The molecule has 0 spiro atoms. The first kappa shape index (κ1) is 7.86. The summed E-state index contributed by atoms with van der Waals surface area (Å²) in [5.41, 5.74) is 0. The maximum absolute atomic E-state index is 11.1. The number of nitrogens with zero attached hydrogens (tertiary/aromatic N) is 1. The summed E-state index contributed by atoms with van der Waals surface area (Å²) in [6, 6.07) is 0.518. The van der Waals surface area contributed by atoms with Crippen molar-refractivity contribution in [1.29, 1.82) is 0 Å². The molecule has 0 bridgehead atoms. The SMILES string of the molecule is COC(=O)N1CC2CCNC2C1. The average Bonchev–Trinajstić information content (AvgIpc) is 2.60. The zero-order valence-corrected chi connectivity index (χ0v) is 7.25. The Hall–Kier alpha value is -0.770. The fraction of sp³-hybridized carbons (Fsp3) is 0.875. The third-order valence-corrected chi connectivity index (χ3v) is 2.80. The summed E-state index contributed by atoms with van der Waals surface area (Å²) in [5.74, 6) is 0.657. The molecule has 0 aromatic rings. The fourth-order valence-electron chi connectivity index (χ4n) is 2.13. The molecule has 4 heteroatoms. The molecular weight excluding hydrogens is 156 g/mol. The van der Waals surface area contributed by atoms with Gasteiger partial charge in [-0.1, -0.05) is 0 Å². The Morgan fingerprint density at radius 1 is 1.58 bits per heavy atom. The van der Waals surface area contributed by atoms with Gasteiger partial charge in [0.15, 0.2) is 0 Å². The highest BCUT2D eigenvalue weighted by molar-refractivity contribution is 5.68. The van der Waals surface area contributed by atoms with Crippen LogP contribution in [-0.2, 0) is 4.74 Å². The molecule has 1 N–H and O–H groups in total. The van der Waals surface area contributed by atoms with Gasteiger partial charge < -0.3 is 15.0 Å². The summed E-state index contributed by atoms with van der Waals surface area (Å²) < 4.78 is 4.66. The largest absolute Gasteiger partial charge is 0.453 e. The fourth-order valence-corrected chi connectivity index (χ4v) is 2.13. The van der Waals surface area contributed by atoms with Crippen molar-refractivity contribution in [3.63, 3.8) is 0 Å². The molecule has 68 valence electrons. The van der Waals surface area contributed by atoms with Crippen molar-refractivity contribution in [2.45, 2.75) is 12.5 Å². The lowest BCUT2D eigenvalue weighted by atomic mass is 10.1. The number of fused-ring (bicyclic) bond motifs is 1. The van der Waals surface area contributed by atoms with Crippen LogP contribution in [0.4, 0.5) is 4.79 Å². The van der Waals surface area contributed by atoms with Gasteiger partial charge in [-0.15, -0.1) is 0 Å². The standard InChI is InChI=1S/C8H14N2O2/c1-12-8(11)10-4-6-2-3-9-7(6)5-10/h6-7,9H,2-5H2,1H3. The molecule has 0 aliphatic carbocycles. The molecule has 0 saturated carbocycles. The summed E-state index contributed by atoms with van der Waals surface area (Å²) in [6.45, 7) is 2.78. The van der Waals surface area contributed by atoms with Gasteiger partial charge in [0.2, 0.25) is 0 Å². The van der Waals surface area contributed by atoms with E-state index in [2.05, 4.69) is 10.1 Å². The molecule has 2 unspecified atom stereocenters. The summed E-state index contributed by atoms with van der Waals surface area (Å²) >= 11 is 0. The molecule has 4 nitrogen and oxygen atoms in total. The smallest absolute Gasteiger partial charge is 0.409 e. The summed E-state index contributed by atoms with van der Waals surface area (Å²) in [4.78, 5) is 12.9. The zero-order chi connectivity index (χ0) is 8.55. The summed E-state index contributed by atoms with van der Waals surface area (Å²) in [5, 5.41) is 3.38. The van der Waals surface area contributed by atoms with Gasteiger partial charge in [0.25, 0.3) is 0 Å². The lowest BCUT2D eigenvalue weighted by Gasteiger charge is -2.14. The van der Waals surface area contributed by atoms with Gasteiger partial charge in [-0.3, -0.25) is 0 Å². The van der Waals surface area contributed by atoms with Gasteiger partial charge in [-0.2, -0.15) is 0 Å². The Morgan fingerprint density at radius 3 is 3.08 bits per heavy atom. The van der Waals surface area contributed by atoms with Crippen molar-refractivity contribution < 1.29 is 9.53 Å². The maximum Gasteiger partial charge on any atom is 0.409 e. The minimum atomic E-state index is -0.189. The number of likely N-dealkylation sites (tertiary alicyclic amines) is 1. The van der Waals surface area contributed by atoms with Crippen molar-refractivity contribution in [3.8, 4) is 0 Å². The van der Waals surface area contributed by atoms with Crippen molar-refractivity contribution in [3.05, 3.63) is 0 Å². The Labute approximate surface area is 71.9 Å². The lowest BCUT2D eigenvalue weighted by molar-refractivity contribution is 0.130. The number of ether oxygens (including phenoxy) is 1. The first-order valence-corrected chi connectivity index (χ1v) is 4.37. The van der Waals surface area contributed by atoms with Crippen LogP contribution in [0.2, 0.25) is 0 Å². The van der Waals surface area contributed by atoms with E-state index in [-0.39, 0.29) is 6.09 Å². The zero-order valence-electron chi connectivity index (χ0n) is 7.25. The molecule has 2 rings (SSSR count). The molecule has 2 aliphatic rings. The molecule has 0 radical (unpaired) electrons. The highest BCUT2D eigenvalue weighted by Crippen LogP contribution is 2.24. The minimum absolute atomic E-state index is 0.189. The molecular formula is C8H14N2O2. The van der Waals surface area contributed by atoms with E-state index in [1.54, 1.807) is 4.90 Å². The van der Waals surface area contributed by atoms with Crippen molar-refractivity contribution in [1.82, 2.24) is 10.2 Å². The first-order chi connectivity index (χ1) is 5.81. The van der Waals surface area contributed by atoms with Crippen LogP contribution in [0.25, 0.3) is 0 Å². The van der Waals surface area contributed by atoms with Crippen LogP contribution in [0.5, 0.6) is 0 Å². The van der Waals surface area contributed by atoms with Crippen LogP contribution < -0.4 is 5.32 Å². The molecule has 2 heterocycles. The van der Waals surface area contributed by atoms with Crippen LogP contribution in [0.3, 0.4) is 0 Å². The van der Waals surface area contributed by atoms with E-state index >= 15 is 0 Å². The number of hydrogen-bond acceptors (Lipinski definition) is 3. The summed E-state index contributed by atoms with van der Waals surface area (Å²) in [7, 11) is 1.43. The normalized spacial score (nSPS) is 33.6. The number of amides is 1. The second-order valence-electron chi connectivity index (χ2n) is 3.48. The van der Waals surface area contributed by atoms with E-state index in [0.29, 0.717) is 12.0 Å². The van der Waals surface area contributed by atoms with Crippen molar-refractivity contribution >= 4 is 6.09 Å². The Bertz CT molecular complexity index is 183. The number of methoxy groups -OCH3 is 1. The lowest BCUT2D eigenvalue weighted by Crippen LogP contribution is -2.33. The third kappa shape index (κ3) is 1.16. The predicted molar refractivity (Wildman–Crippen MR) is 43.9 cm³/mol. The van der Waals surface area contributed by atoms with Crippen LogP contribution in [0.1, 0.15) is 6.42 Å². The highest BCUT2D eigenvalue weighted by Gasteiger charge is 2.38. The number of nitrogens with one attached hydrogen (secondary N) is 1. The molecule has 2 fully saturated rings. The van der Waals surface area contributed by atoms with Crippen molar-refractivity contribution in [2.24, 2.45) is 5.92 Å². The van der Waals surface area contributed by atoms with Crippen LogP contribution in [0, 0.1) is 5.92 Å². The Balaban J connectivity index is 1.94. The van der Waals surface area contributed by atoms with E-state index < -0.39 is 0 Å². The number of carbonyl (C=O) groups excluding carboxylic acids is 1. The monoisotopic (exact) mass is 170 g/mol. The second kappa shape index (κ2) is 2.94. The molecule has 2 atom stereocenters. The van der Waals surface area contributed by atoms with Crippen LogP contribution in [0.15, 0.2) is 0 Å². The van der Waals surface area contributed by atoms with Gasteiger partial charge >= 0.3 is 6.09 Å². The van der Waals surface area contributed by atoms with E-state index in [0.717, 1.165) is 19.6 Å². The Morgan fingerprint density at radius 2 is 2.42 bits per heavy atom. The molecule has 12 heavy (non-hydrogen) atoms. The molecule has 1 amide bonds. The van der Waals surface area contributed by atoms with E-state index in [4.69, 9.17) is 0 Å². The third-order valence-electron chi connectivity index (χ3n) is 2.80. The van der Waals surface area contributed by atoms with Gasteiger partial charge in [0.05, 0.1) is 7.11 Å². The number of rotatable bonds is 0. The van der Waals surface area contributed by atoms with Gasteiger partial charge in [0.1, 0.15) is 0 Å². The maximum atomic E-state index is 11.1.